The molecule has 0 fully saturated rings. The summed E-state index contributed by atoms with van der Waals surface area (Å²) >= 11 is 0. The van der Waals surface area contributed by atoms with Crippen LogP contribution in [0, 0.1) is 0 Å². The van der Waals surface area contributed by atoms with E-state index in [0.717, 1.165) is 17.7 Å². The second-order valence-electron chi connectivity index (χ2n) is 4.89. The fraction of sp³-hybridized carbons (Fsp3) is 0.533. The van der Waals surface area contributed by atoms with Crippen molar-refractivity contribution in [3.8, 4) is 0 Å². The van der Waals surface area contributed by atoms with Gasteiger partial charge in [0.05, 0.1) is 0 Å². The first-order valence-electron chi connectivity index (χ1n) is 6.92. The number of carbonyl (C=O) groups is 1. The Morgan fingerprint density at radius 2 is 2.05 bits per heavy atom. The SMILES string of the molecule is CCC(C)N(CC)C(=O)Nc1cccc(C(C)N)c1. The molecule has 0 aliphatic rings. The van der Waals surface area contributed by atoms with E-state index in [0.29, 0.717) is 6.54 Å². The topological polar surface area (TPSA) is 58.4 Å². The highest BCUT2D eigenvalue weighted by Gasteiger charge is 2.17. The monoisotopic (exact) mass is 263 g/mol. The number of carbonyl (C=O) groups excluding carboxylic acids is 1. The Labute approximate surface area is 116 Å². The van der Waals surface area contributed by atoms with Gasteiger partial charge in [-0.2, -0.15) is 0 Å². The van der Waals surface area contributed by atoms with E-state index in [2.05, 4.69) is 19.2 Å². The molecule has 2 atom stereocenters. The number of urea groups is 1. The average molecular weight is 263 g/mol. The molecule has 2 unspecified atom stereocenters. The highest BCUT2D eigenvalue weighted by Crippen LogP contribution is 2.16. The average Bonchev–Trinajstić information content (AvgIpc) is 2.39. The Bertz CT molecular complexity index is 418. The fourth-order valence-electron chi connectivity index (χ4n) is 1.97. The van der Waals surface area contributed by atoms with Crippen LogP contribution in [0.15, 0.2) is 24.3 Å². The van der Waals surface area contributed by atoms with Gasteiger partial charge in [0.15, 0.2) is 0 Å². The third-order valence-electron chi connectivity index (χ3n) is 3.39. The molecule has 0 aromatic heterocycles. The van der Waals surface area contributed by atoms with Gasteiger partial charge < -0.3 is 16.0 Å². The van der Waals surface area contributed by atoms with Crippen molar-refractivity contribution in [3.63, 3.8) is 0 Å². The van der Waals surface area contributed by atoms with Crippen molar-refractivity contribution in [2.45, 2.75) is 46.2 Å². The summed E-state index contributed by atoms with van der Waals surface area (Å²) in [6.07, 6.45) is 0.946. The minimum atomic E-state index is -0.0568. The Morgan fingerprint density at radius 3 is 2.58 bits per heavy atom. The van der Waals surface area contributed by atoms with Gasteiger partial charge in [-0.1, -0.05) is 19.1 Å². The maximum Gasteiger partial charge on any atom is 0.322 e. The molecule has 0 heterocycles. The van der Waals surface area contributed by atoms with Crippen molar-refractivity contribution in [3.05, 3.63) is 29.8 Å². The van der Waals surface area contributed by atoms with E-state index in [-0.39, 0.29) is 18.1 Å². The standard InChI is InChI=1S/C15H25N3O/c1-5-11(3)18(6-2)15(19)17-14-9-7-8-13(10-14)12(4)16/h7-12H,5-6,16H2,1-4H3,(H,17,19). The molecule has 2 amide bonds. The lowest BCUT2D eigenvalue weighted by molar-refractivity contribution is 0.195. The van der Waals surface area contributed by atoms with Crippen molar-refractivity contribution in [1.82, 2.24) is 4.90 Å². The first kappa shape index (κ1) is 15.5. The van der Waals surface area contributed by atoms with E-state index >= 15 is 0 Å². The van der Waals surface area contributed by atoms with Gasteiger partial charge in [-0.05, 0) is 44.9 Å². The molecule has 106 valence electrons. The van der Waals surface area contributed by atoms with Gasteiger partial charge in [0.2, 0.25) is 0 Å². The number of hydrogen-bond donors (Lipinski definition) is 2. The summed E-state index contributed by atoms with van der Waals surface area (Å²) in [6.45, 7) is 8.76. The Kier molecular flexibility index (Phi) is 5.83. The summed E-state index contributed by atoms with van der Waals surface area (Å²) < 4.78 is 0. The molecule has 1 rings (SSSR count). The highest BCUT2D eigenvalue weighted by molar-refractivity contribution is 5.89. The van der Waals surface area contributed by atoms with Gasteiger partial charge in [0.25, 0.3) is 0 Å². The van der Waals surface area contributed by atoms with Gasteiger partial charge >= 0.3 is 6.03 Å². The van der Waals surface area contributed by atoms with Crippen molar-refractivity contribution >= 4 is 11.7 Å². The first-order valence-corrected chi connectivity index (χ1v) is 6.92. The van der Waals surface area contributed by atoms with Crippen LogP contribution in [0.1, 0.15) is 45.7 Å². The maximum absolute atomic E-state index is 12.2. The summed E-state index contributed by atoms with van der Waals surface area (Å²) in [4.78, 5) is 14.0. The van der Waals surface area contributed by atoms with Crippen molar-refractivity contribution < 1.29 is 4.79 Å². The van der Waals surface area contributed by atoms with Crippen LogP contribution in [0.4, 0.5) is 10.5 Å². The molecule has 1 aromatic carbocycles. The predicted octanol–water partition coefficient (Wildman–Crippen LogP) is 3.36. The Hall–Kier alpha value is -1.55. The van der Waals surface area contributed by atoms with Crippen LogP contribution < -0.4 is 11.1 Å². The Balaban J connectivity index is 2.78. The van der Waals surface area contributed by atoms with Crippen LogP contribution in [-0.2, 0) is 0 Å². The minimum absolute atomic E-state index is 0.0336. The van der Waals surface area contributed by atoms with Crippen LogP contribution in [0.5, 0.6) is 0 Å². The van der Waals surface area contributed by atoms with Crippen LogP contribution >= 0.6 is 0 Å². The molecule has 19 heavy (non-hydrogen) atoms. The largest absolute Gasteiger partial charge is 0.324 e. The molecule has 0 spiro atoms. The second kappa shape index (κ2) is 7.14. The van der Waals surface area contributed by atoms with E-state index < -0.39 is 0 Å². The quantitative estimate of drug-likeness (QED) is 0.855. The van der Waals surface area contributed by atoms with Crippen LogP contribution in [0.25, 0.3) is 0 Å². The van der Waals surface area contributed by atoms with Gasteiger partial charge in [0, 0.05) is 24.3 Å². The van der Waals surface area contributed by atoms with E-state index in [4.69, 9.17) is 5.73 Å². The number of anilines is 1. The van der Waals surface area contributed by atoms with Gasteiger partial charge in [-0.3, -0.25) is 0 Å². The first-order chi connectivity index (χ1) is 8.99. The van der Waals surface area contributed by atoms with Crippen LogP contribution in [0.3, 0.4) is 0 Å². The summed E-state index contributed by atoms with van der Waals surface area (Å²) in [6, 6.07) is 7.83. The molecule has 0 bridgehead atoms. The molecule has 0 aliphatic carbocycles. The zero-order chi connectivity index (χ0) is 14.4. The lowest BCUT2D eigenvalue weighted by atomic mass is 10.1. The summed E-state index contributed by atoms with van der Waals surface area (Å²) in [5.74, 6) is 0. The number of nitrogens with one attached hydrogen (secondary N) is 1. The van der Waals surface area contributed by atoms with Crippen molar-refractivity contribution in [2.75, 3.05) is 11.9 Å². The van der Waals surface area contributed by atoms with Crippen molar-refractivity contribution in [1.29, 1.82) is 0 Å². The Morgan fingerprint density at radius 1 is 1.37 bits per heavy atom. The summed E-state index contributed by atoms with van der Waals surface area (Å²) in [5, 5.41) is 2.93. The van der Waals surface area contributed by atoms with Gasteiger partial charge in [-0.15, -0.1) is 0 Å². The molecule has 4 nitrogen and oxygen atoms in total. The lowest BCUT2D eigenvalue weighted by Crippen LogP contribution is -2.41. The zero-order valence-electron chi connectivity index (χ0n) is 12.3. The minimum Gasteiger partial charge on any atom is -0.324 e. The molecule has 3 N–H and O–H groups in total. The fourth-order valence-corrected chi connectivity index (χ4v) is 1.97. The van der Waals surface area contributed by atoms with E-state index in [1.54, 1.807) is 0 Å². The summed E-state index contributed by atoms with van der Waals surface area (Å²) in [7, 11) is 0. The van der Waals surface area contributed by atoms with E-state index in [9.17, 15) is 4.79 Å². The van der Waals surface area contributed by atoms with Crippen LogP contribution in [-0.4, -0.2) is 23.5 Å². The van der Waals surface area contributed by atoms with Gasteiger partial charge in [-0.25, -0.2) is 4.79 Å². The van der Waals surface area contributed by atoms with Crippen molar-refractivity contribution in [2.24, 2.45) is 5.73 Å². The van der Waals surface area contributed by atoms with E-state index in [1.165, 1.54) is 0 Å². The number of hydrogen-bond acceptors (Lipinski definition) is 2. The molecule has 0 aliphatic heterocycles. The lowest BCUT2D eigenvalue weighted by Gasteiger charge is -2.27. The third kappa shape index (κ3) is 4.24. The smallest absolute Gasteiger partial charge is 0.322 e. The number of amides is 2. The molecular formula is C15H25N3O. The molecule has 0 radical (unpaired) electrons. The molecular weight excluding hydrogens is 238 g/mol. The number of nitrogens with zero attached hydrogens (tertiary/aromatic N) is 1. The molecule has 1 aromatic rings. The normalized spacial score (nSPS) is 13.7. The molecule has 0 saturated carbocycles. The number of rotatable bonds is 5. The molecule has 4 heteroatoms. The number of benzene rings is 1. The number of nitrogens with two attached hydrogens (primary N) is 1. The van der Waals surface area contributed by atoms with Gasteiger partial charge in [0.1, 0.15) is 0 Å². The predicted molar refractivity (Wildman–Crippen MR) is 80.2 cm³/mol. The van der Waals surface area contributed by atoms with Crippen LogP contribution in [0.2, 0.25) is 0 Å². The van der Waals surface area contributed by atoms with E-state index in [1.807, 2.05) is 43.0 Å². The third-order valence-corrected chi connectivity index (χ3v) is 3.39. The molecule has 0 saturated heterocycles. The maximum atomic E-state index is 12.2. The summed E-state index contributed by atoms with van der Waals surface area (Å²) in [5.41, 5.74) is 7.66. The zero-order valence-corrected chi connectivity index (χ0v) is 12.3. The second-order valence-corrected chi connectivity index (χ2v) is 4.89. The highest BCUT2D eigenvalue weighted by atomic mass is 16.2.